The van der Waals surface area contributed by atoms with Crippen LogP contribution in [0.25, 0.3) is 0 Å². The van der Waals surface area contributed by atoms with Gasteiger partial charge in [-0.3, -0.25) is 0 Å². The summed E-state index contributed by atoms with van der Waals surface area (Å²) in [6.07, 6.45) is -1.39. The van der Waals surface area contributed by atoms with E-state index >= 15 is 0 Å². The van der Waals surface area contributed by atoms with Crippen molar-refractivity contribution in [3.05, 3.63) is 0 Å². The van der Waals surface area contributed by atoms with E-state index in [-0.39, 0.29) is 0 Å². The minimum atomic E-state index is -1.16. The maximum atomic E-state index is 11.4. The van der Waals surface area contributed by atoms with Crippen molar-refractivity contribution in [3.63, 3.8) is 0 Å². The largest absolute Gasteiger partial charge is 0.480 e. The lowest BCUT2D eigenvalue weighted by Gasteiger charge is -2.24. The van der Waals surface area contributed by atoms with Crippen molar-refractivity contribution in [1.29, 1.82) is 0 Å². The molecule has 0 saturated carbocycles. The number of ether oxygens (including phenoxy) is 2. The van der Waals surface area contributed by atoms with Crippen LogP contribution in [-0.2, 0) is 14.3 Å². The fourth-order valence-electron chi connectivity index (χ4n) is 1.17. The van der Waals surface area contributed by atoms with Crippen LogP contribution in [0.15, 0.2) is 0 Å². The van der Waals surface area contributed by atoms with Gasteiger partial charge in [0.15, 0.2) is 6.04 Å². The molecule has 0 aromatic heterocycles. The van der Waals surface area contributed by atoms with Crippen LogP contribution in [0, 0.1) is 0 Å². The molecule has 0 aliphatic carbocycles. The molecule has 17 heavy (non-hydrogen) atoms. The molecule has 0 unspecified atom stereocenters. The molecule has 2 atom stereocenters. The van der Waals surface area contributed by atoms with Crippen LogP contribution >= 0.6 is 0 Å². The van der Waals surface area contributed by atoms with Crippen LogP contribution in [0.4, 0.5) is 4.79 Å². The zero-order valence-corrected chi connectivity index (χ0v) is 10.9. The minimum Gasteiger partial charge on any atom is -0.480 e. The van der Waals surface area contributed by atoms with E-state index < -0.39 is 29.8 Å². The summed E-state index contributed by atoms with van der Waals surface area (Å²) < 4.78 is 10.1. The smallest absolute Gasteiger partial charge is 0.408 e. The van der Waals surface area contributed by atoms with Gasteiger partial charge in [0.1, 0.15) is 5.60 Å². The summed E-state index contributed by atoms with van der Waals surface area (Å²) in [6, 6.07) is -1.12. The third kappa shape index (κ3) is 6.78. The van der Waals surface area contributed by atoms with Crippen molar-refractivity contribution in [1.82, 2.24) is 5.32 Å². The fraction of sp³-hybridized carbons (Fsp3) is 0.818. The Labute approximate surface area is 101 Å². The second-order valence-corrected chi connectivity index (χ2v) is 4.62. The van der Waals surface area contributed by atoms with E-state index in [1.54, 1.807) is 34.6 Å². The van der Waals surface area contributed by atoms with Gasteiger partial charge < -0.3 is 19.9 Å². The quantitative estimate of drug-likeness (QED) is 0.766. The first-order chi connectivity index (χ1) is 7.67. The van der Waals surface area contributed by atoms with E-state index in [9.17, 15) is 9.59 Å². The SMILES string of the molecule is CCO[C@H](C)[C@@H](NC(=O)OC(C)(C)C)C(=O)O. The summed E-state index contributed by atoms with van der Waals surface area (Å²) in [4.78, 5) is 22.4. The van der Waals surface area contributed by atoms with Crippen molar-refractivity contribution in [2.75, 3.05) is 6.61 Å². The van der Waals surface area contributed by atoms with Crippen LogP contribution in [0.1, 0.15) is 34.6 Å². The summed E-state index contributed by atoms with van der Waals surface area (Å²) in [5.41, 5.74) is -0.665. The second-order valence-electron chi connectivity index (χ2n) is 4.62. The van der Waals surface area contributed by atoms with Gasteiger partial charge in [0.2, 0.25) is 0 Å². The number of hydrogen-bond acceptors (Lipinski definition) is 4. The molecule has 0 radical (unpaired) electrons. The first-order valence-corrected chi connectivity index (χ1v) is 5.51. The molecule has 0 spiro atoms. The molecule has 0 rings (SSSR count). The first kappa shape index (κ1) is 15.7. The Balaban J connectivity index is 4.45. The Morgan fingerprint density at radius 1 is 1.35 bits per heavy atom. The molecule has 0 saturated heterocycles. The molecule has 2 N–H and O–H groups in total. The average Bonchev–Trinajstić information content (AvgIpc) is 2.11. The Hall–Kier alpha value is -1.30. The number of nitrogens with one attached hydrogen (secondary N) is 1. The van der Waals surface area contributed by atoms with Gasteiger partial charge in [0.05, 0.1) is 6.10 Å². The molecule has 0 aliphatic heterocycles. The van der Waals surface area contributed by atoms with Gasteiger partial charge in [-0.1, -0.05) is 0 Å². The number of carboxylic acids is 1. The molecular weight excluding hydrogens is 226 g/mol. The Kier molecular flexibility index (Phi) is 5.95. The van der Waals surface area contributed by atoms with Gasteiger partial charge in [0, 0.05) is 6.61 Å². The van der Waals surface area contributed by atoms with E-state index in [2.05, 4.69) is 5.32 Å². The molecule has 6 heteroatoms. The number of aliphatic carboxylic acids is 1. The van der Waals surface area contributed by atoms with Gasteiger partial charge in [-0.15, -0.1) is 0 Å². The first-order valence-electron chi connectivity index (χ1n) is 5.51. The molecule has 0 aromatic rings. The molecule has 0 heterocycles. The highest BCUT2D eigenvalue weighted by atomic mass is 16.6. The van der Waals surface area contributed by atoms with Crippen LogP contribution in [-0.4, -0.2) is 41.5 Å². The van der Waals surface area contributed by atoms with Crippen LogP contribution < -0.4 is 5.32 Å². The summed E-state index contributed by atoms with van der Waals surface area (Å²) in [6.45, 7) is 8.82. The number of amides is 1. The summed E-state index contributed by atoms with van der Waals surface area (Å²) >= 11 is 0. The number of carboxylic acid groups (broad SMARTS) is 1. The minimum absolute atomic E-state index is 0.376. The van der Waals surface area contributed by atoms with Crippen molar-refractivity contribution in [3.8, 4) is 0 Å². The van der Waals surface area contributed by atoms with E-state index in [0.717, 1.165) is 0 Å². The van der Waals surface area contributed by atoms with Gasteiger partial charge in [-0.25, -0.2) is 9.59 Å². The molecule has 0 bridgehead atoms. The number of hydrogen-bond donors (Lipinski definition) is 2. The lowest BCUT2D eigenvalue weighted by molar-refractivity contribution is -0.143. The van der Waals surface area contributed by atoms with Crippen molar-refractivity contribution >= 4 is 12.1 Å². The van der Waals surface area contributed by atoms with E-state index in [0.29, 0.717) is 6.61 Å². The molecule has 6 nitrogen and oxygen atoms in total. The third-order valence-corrected chi connectivity index (χ3v) is 1.84. The maximum Gasteiger partial charge on any atom is 0.408 e. The number of alkyl carbamates (subject to hydrolysis) is 1. The number of rotatable bonds is 5. The van der Waals surface area contributed by atoms with E-state index in [1.165, 1.54) is 0 Å². The van der Waals surface area contributed by atoms with Gasteiger partial charge in [0.25, 0.3) is 0 Å². The van der Waals surface area contributed by atoms with Crippen LogP contribution in [0.3, 0.4) is 0 Å². The molecule has 100 valence electrons. The Morgan fingerprint density at radius 3 is 2.24 bits per heavy atom. The zero-order valence-electron chi connectivity index (χ0n) is 10.9. The summed E-state index contributed by atoms with van der Waals surface area (Å²) in [7, 11) is 0. The van der Waals surface area contributed by atoms with Crippen LogP contribution in [0.2, 0.25) is 0 Å². The lowest BCUT2D eigenvalue weighted by Crippen LogP contribution is -2.50. The Bertz CT molecular complexity index is 272. The molecule has 1 amide bonds. The van der Waals surface area contributed by atoms with Crippen LogP contribution in [0.5, 0.6) is 0 Å². The fourth-order valence-corrected chi connectivity index (χ4v) is 1.17. The predicted octanol–water partition coefficient (Wildman–Crippen LogP) is 1.39. The number of carbonyl (C=O) groups excluding carboxylic acids is 1. The molecule has 0 fully saturated rings. The monoisotopic (exact) mass is 247 g/mol. The standard InChI is InChI=1S/C11H21NO5/c1-6-16-7(2)8(9(13)14)12-10(15)17-11(3,4)5/h7-8H,6H2,1-5H3,(H,12,15)(H,13,14)/t7-,8-/m1/s1. The molecular formula is C11H21NO5. The predicted molar refractivity (Wildman–Crippen MR) is 61.9 cm³/mol. The topological polar surface area (TPSA) is 84.9 Å². The highest BCUT2D eigenvalue weighted by Crippen LogP contribution is 2.08. The zero-order chi connectivity index (χ0) is 13.6. The molecule has 0 aromatic carbocycles. The van der Waals surface area contributed by atoms with Gasteiger partial charge in [-0.05, 0) is 34.6 Å². The van der Waals surface area contributed by atoms with Crippen molar-refractivity contribution in [2.45, 2.75) is 52.4 Å². The summed E-state index contributed by atoms with van der Waals surface area (Å²) in [5.74, 6) is -1.16. The van der Waals surface area contributed by atoms with Crippen molar-refractivity contribution < 1.29 is 24.2 Å². The molecule has 0 aliphatic rings. The normalized spacial score (nSPS) is 14.9. The van der Waals surface area contributed by atoms with Gasteiger partial charge in [-0.2, -0.15) is 0 Å². The lowest BCUT2D eigenvalue weighted by atomic mass is 10.2. The van der Waals surface area contributed by atoms with Crippen molar-refractivity contribution in [2.24, 2.45) is 0 Å². The number of carbonyl (C=O) groups is 2. The second kappa shape index (κ2) is 6.44. The highest BCUT2D eigenvalue weighted by Gasteiger charge is 2.29. The van der Waals surface area contributed by atoms with Gasteiger partial charge >= 0.3 is 12.1 Å². The van der Waals surface area contributed by atoms with E-state index in [4.69, 9.17) is 14.6 Å². The Morgan fingerprint density at radius 2 is 1.88 bits per heavy atom. The highest BCUT2D eigenvalue weighted by molar-refractivity contribution is 5.80. The summed E-state index contributed by atoms with van der Waals surface area (Å²) in [5, 5.41) is 11.2. The third-order valence-electron chi connectivity index (χ3n) is 1.84. The van der Waals surface area contributed by atoms with E-state index in [1.807, 2.05) is 0 Å². The average molecular weight is 247 g/mol. The maximum absolute atomic E-state index is 11.4.